The van der Waals surface area contributed by atoms with Gasteiger partial charge < -0.3 is 15.7 Å². The molecule has 4 nitrogen and oxygen atoms in total. The van der Waals surface area contributed by atoms with E-state index in [1.165, 1.54) is 0 Å². The number of amides is 1. The number of benzene rings is 1. The molecule has 1 unspecified atom stereocenters. The van der Waals surface area contributed by atoms with Gasteiger partial charge >= 0.3 is 0 Å². The normalized spacial score (nSPS) is 19.9. The molecule has 1 aromatic carbocycles. The van der Waals surface area contributed by atoms with Gasteiger partial charge in [-0.1, -0.05) is 15.9 Å². The van der Waals surface area contributed by atoms with Gasteiger partial charge in [-0.05, 0) is 31.0 Å². The minimum atomic E-state index is -0.234. The molecule has 0 bridgehead atoms. The van der Waals surface area contributed by atoms with Crippen molar-refractivity contribution in [1.82, 2.24) is 0 Å². The molecule has 1 fully saturated rings. The van der Waals surface area contributed by atoms with Gasteiger partial charge in [0.05, 0.1) is 12.5 Å². The first kappa shape index (κ1) is 13.4. The Morgan fingerprint density at radius 1 is 1.56 bits per heavy atom. The maximum Gasteiger partial charge on any atom is 0.222 e. The lowest BCUT2D eigenvalue weighted by atomic mass is 9.96. The number of primary amides is 1. The minimum absolute atomic E-state index is 0.00743. The van der Waals surface area contributed by atoms with E-state index >= 15 is 0 Å². The molecule has 0 spiro atoms. The second-order valence-corrected chi connectivity index (χ2v) is 5.53. The zero-order chi connectivity index (χ0) is 13.1. The summed E-state index contributed by atoms with van der Waals surface area (Å²) in [6.45, 7) is 1.54. The highest BCUT2D eigenvalue weighted by atomic mass is 79.9. The Morgan fingerprint density at radius 2 is 2.33 bits per heavy atom. The van der Waals surface area contributed by atoms with Crippen molar-refractivity contribution in [3.63, 3.8) is 0 Å². The maximum atomic E-state index is 11.3. The number of hydrogen-bond donors (Lipinski definition) is 2. The molecule has 2 rings (SSSR count). The first-order valence-corrected chi connectivity index (χ1v) is 6.84. The number of hydrogen-bond acceptors (Lipinski definition) is 3. The summed E-state index contributed by atoms with van der Waals surface area (Å²) in [4.78, 5) is 13.4. The highest BCUT2D eigenvalue weighted by Gasteiger charge is 2.25. The van der Waals surface area contributed by atoms with E-state index in [0.717, 1.165) is 35.1 Å². The van der Waals surface area contributed by atoms with Gasteiger partial charge in [0, 0.05) is 28.8 Å². The fourth-order valence-electron chi connectivity index (χ4n) is 2.42. The van der Waals surface area contributed by atoms with Gasteiger partial charge in [0.25, 0.3) is 0 Å². The molecule has 1 saturated heterocycles. The number of halogens is 1. The number of nitrogens with two attached hydrogens (primary N) is 1. The molecular weight excluding hydrogens is 296 g/mol. The third-order valence-electron chi connectivity index (χ3n) is 3.38. The monoisotopic (exact) mass is 312 g/mol. The number of aliphatic hydroxyl groups is 1. The predicted octanol–water partition coefficient (Wildman–Crippen LogP) is 1.64. The summed E-state index contributed by atoms with van der Waals surface area (Å²) in [5, 5.41) is 9.41. The van der Waals surface area contributed by atoms with Crippen LogP contribution in [0.2, 0.25) is 0 Å². The van der Waals surface area contributed by atoms with Crippen LogP contribution in [-0.4, -0.2) is 24.1 Å². The lowest BCUT2D eigenvalue weighted by Gasteiger charge is -2.34. The third-order valence-corrected chi connectivity index (χ3v) is 3.87. The fraction of sp³-hybridized carbons (Fsp3) is 0.462. The average Bonchev–Trinajstić information content (AvgIpc) is 2.38. The lowest BCUT2D eigenvalue weighted by molar-refractivity contribution is -0.122. The molecule has 0 aromatic heterocycles. The fourth-order valence-corrected chi connectivity index (χ4v) is 2.83. The molecule has 1 aliphatic heterocycles. The third kappa shape index (κ3) is 2.84. The first-order chi connectivity index (χ1) is 8.61. The summed E-state index contributed by atoms with van der Waals surface area (Å²) in [6, 6.07) is 5.82. The molecule has 1 aliphatic rings. The Balaban J connectivity index is 2.22. The van der Waals surface area contributed by atoms with Crippen molar-refractivity contribution in [1.29, 1.82) is 0 Å². The number of anilines is 1. The highest BCUT2D eigenvalue weighted by Crippen LogP contribution is 2.28. The lowest BCUT2D eigenvalue weighted by Crippen LogP contribution is -2.41. The van der Waals surface area contributed by atoms with Crippen molar-refractivity contribution >= 4 is 27.5 Å². The summed E-state index contributed by atoms with van der Waals surface area (Å²) in [5.41, 5.74) is 7.24. The number of nitrogens with zero attached hydrogens (tertiary/aromatic N) is 1. The van der Waals surface area contributed by atoms with Crippen molar-refractivity contribution in [2.24, 2.45) is 11.7 Å². The Labute approximate surface area is 115 Å². The van der Waals surface area contributed by atoms with E-state index in [1.54, 1.807) is 0 Å². The largest absolute Gasteiger partial charge is 0.392 e. The number of piperidine rings is 1. The Morgan fingerprint density at radius 3 is 3.00 bits per heavy atom. The maximum absolute atomic E-state index is 11.3. The van der Waals surface area contributed by atoms with E-state index in [9.17, 15) is 9.90 Å². The van der Waals surface area contributed by atoms with Crippen LogP contribution in [0.3, 0.4) is 0 Å². The highest BCUT2D eigenvalue weighted by molar-refractivity contribution is 9.10. The van der Waals surface area contributed by atoms with E-state index < -0.39 is 0 Å². The van der Waals surface area contributed by atoms with Gasteiger partial charge in [-0.3, -0.25) is 4.79 Å². The zero-order valence-corrected chi connectivity index (χ0v) is 11.7. The summed E-state index contributed by atoms with van der Waals surface area (Å²) < 4.78 is 0.943. The van der Waals surface area contributed by atoms with E-state index in [0.29, 0.717) is 6.54 Å². The van der Waals surface area contributed by atoms with Crippen LogP contribution in [0, 0.1) is 5.92 Å². The van der Waals surface area contributed by atoms with Crippen molar-refractivity contribution in [3.05, 3.63) is 28.2 Å². The van der Waals surface area contributed by atoms with Gasteiger partial charge in [-0.25, -0.2) is 0 Å². The van der Waals surface area contributed by atoms with E-state index in [-0.39, 0.29) is 18.4 Å². The summed E-state index contributed by atoms with van der Waals surface area (Å²) in [6.07, 6.45) is 1.81. The molecule has 5 heteroatoms. The van der Waals surface area contributed by atoms with Gasteiger partial charge in [0.1, 0.15) is 0 Å². The predicted molar refractivity (Wildman–Crippen MR) is 74.2 cm³/mol. The van der Waals surface area contributed by atoms with Gasteiger partial charge in [-0.2, -0.15) is 0 Å². The van der Waals surface area contributed by atoms with Crippen LogP contribution in [-0.2, 0) is 11.4 Å². The van der Waals surface area contributed by atoms with E-state index in [1.807, 2.05) is 18.2 Å². The summed E-state index contributed by atoms with van der Waals surface area (Å²) >= 11 is 3.39. The zero-order valence-electron chi connectivity index (χ0n) is 10.1. The molecular formula is C13H17BrN2O2. The number of carbonyl (C=O) groups is 1. The Bertz CT molecular complexity index is 451. The SMILES string of the molecule is NC(=O)C1CCCN(c2ccc(Br)cc2CO)C1. The summed E-state index contributed by atoms with van der Waals surface area (Å²) in [5.74, 6) is -0.323. The summed E-state index contributed by atoms with van der Waals surface area (Å²) in [7, 11) is 0. The van der Waals surface area contributed by atoms with E-state index in [4.69, 9.17) is 5.73 Å². The van der Waals surface area contributed by atoms with Crippen LogP contribution < -0.4 is 10.6 Å². The Hall–Kier alpha value is -1.07. The van der Waals surface area contributed by atoms with Gasteiger partial charge in [0.2, 0.25) is 5.91 Å². The second kappa shape index (κ2) is 5.71. The van der Waals surface area contributed by atoms with Crippen molar-refractivity contribution in [2.45, 2.75) is 19.4 Å². The molecule has 0 radical (unpaired) electrons. The average molecular weight is 313 g/mol. The van der Waals surface area contributed by atoms with Gasteiger partial charge in [-0.15, -0.1) is 0 Å². The molecule has 3 N–H and O–H groups in total. The Kier molecular flexibility index (Phi) is 4.24. The molecule has 0 saturated carbocycles. The van der Waals surface area contributed by atoms with E-state index in [2.05, 4.69) is 20.8 Å². The molecule has 1 amide bonds. The van der Waals surface area contributed by atoms with Crippen LogP contribution in [0.5, 0.6) is 0 Å². The van der Waals surface area contributed by atoms with Crippen LogP contribution in [0.4, 0.5) is 5.69 Å². The standard InChI is InChI=1S/C13H17BrN2O2/c14-11-3-4-12(10(6-11)8-17)16-5-1-2-9(7-16)13(15)18/h3-4,6,9,17H,1-2,5,7-8H2,(H2,15,18). The molecule has 1 heterocycles. The van der Waals surface area contributed by atoms with Gasteiger partial charge in [0.15, 0.2) is 0 Å². The first-order valence-electron chi connectivity index (χ1n) is 6.05. The quantitative estimate of drug-likeness (QED) is 0.891. The molecule has 18 heavy (non-hydrogen) atoms. The second-order valence-electron chi connectivity index (χ2n) is 4.62. The molecule has 1 aromatic rings. The van der Waals surface area contributed by atoms with Crippen molar-refractivity contribution in [3.8, 4) is 0 Å². The number of rotatable bonds is 3. The smallest absolute Gasteiger partial charge is 0.222 e. The molecule has 1 atom stereocenters. The van der Waals surface area contributed by atoms with Crippen LogP contribution in [0.1, 0.15) is 18.4 Å². The van der Waals surface area contributed by atoms with Crippen molar-refractivity contribution in [2.75, 3.05) is 18.0 Å². The van der Waals surface area contributed by atoms with Crippen LogP contribution in [0.25, 0.3) is 0 Å². The number of carbonyl (C=O) groups excluding carboxylic acids is 1. The van der Waals surface area contributed by atoms with Crippen molar-refractivity contribution < 1.29 is 9.90 Å². The minimum Gasteiger partial charge on any atom is -0.392 e. The topological polar surface area (TPSA) is 66.6 Å². The molecule has 98 valence electrons. The number of aliphatic hydroxyl groups excluding tert-OH is 1. The van der Waals surface area contributed by atoms with Crippen LogP contribution >= 0.6 is 15.9 Å². The van der Waals surface area contributed by atoms with Crippen LogP contribution in [0.15, 0.2) is 22.7 Å². The molecule has 0 aliphatic carbocycles.